The third-order valence-corrected chi connectivity index (χ3v) is 5.09. The van der Waals surface area contributed by atoms with E-state index in [-0.39, 0.29) is 17.7 Å². The predicted molar refractivity (Wildman–Crippen MR) is 107 cm³/mol. The number of hydrogen-bond donors (Lipinski definition) is 1. The minimum atomic E-state index is 0.114. The van der Waals surface area contributed by atoms with Gasteiger partial charge in [0.2, 0.25) is 5.91 Å². The molecule has 0 bridgehead atoms. The Hall–Kier alpha value is -2.81. The maximum absolute atomic E-state index is 12.2. The van der Waals surface area contributed by atoms with Crippen molar-refractivity contribution in [1.82, 2.24) is 0 Å². The molecule has 1 N–H and O–H groups in total. The number of phenolic OH excluding ortho intramolecular Hbond substituents is 1. The summed E-state index contributed by atoms with van der Waals surface area (Å²) in [5.41, 5.74) is 5.54. The molecule has 0 saturated carbocycles. The van der Waals surface area contributed by atoms with Gasteiger partial charge < -0.3 is 10.0 Å². The molecule has 2 aromatic carbocycles. The highest BCUT2D eigenvalue weighted by atomic mass is 16.3. The molecule has 0 radical (unpaired) electrons. The van der Waals surface area contributed by atoms with Crippen LogP contribution in [0, 0.1) is 0 Å². The molecule has 1 atom stereocenters. The van der Waals surface area contributed by atoms with E-state index in [0.29, 0.717) is 6.42 Å². The predicted octanol–water partition coefficient (Wildman–Crippen LogP) is 5.33. The Morgan fingerprint density at radius 2 is 1.88 bits per heavy atom. The highest BCUT2D eigenvalue weighted by Gasteiger charge is 2.38. The van der Waals surface area contributed by atoms with Crippen molar-refractivity contribution in [3.63, 3.8) is 0 Å². The van der Waals surface area contributed by atoms with E-state index in [1.54, 1.807) is 12.1 Å². The number of carbonyl (C=O) groups is 1. The van der Waals surface area contributed by atoms with E-state index < -0.39 is 0 Å². The van der Waals surface area contributed by atoms with Crippen LogP contribution in [0.15, 0.2) is 71.8 Å². The smallest absolute Gasteiger partial charge is 0.229 e. The molecular weight excluding hydrogens is 322 g/mol. The maximum Gasteiger partial charge on any atom is 0.229 e. The zero-order valence-electron chi connectivity index (χ0n) is 15.6. The minimum Gasteiger partial charge on any atom is -0.508 e. The van der Waals surface area contributed by atoms with Gasteiger partial charge in [-0.05, 0) is 66.8 Å². The first kappa shape index (κ1) is 18.0. The van der Waals surface area contributed by atoms with Crippen molar-refractivity contribution in [3.8, 4) is 5.75 Å². The normalized spacial score (nSPS) is 18.4. The molecule has 2 aromatic rings. The van der Waals surface area contributed by atoms with E-state index in [4.69, 9.17) is 0 Å². The van der Waals surface area contributed by atoms with Gasteiger partial charge in [0.15, 0.2) is 0 Å². The SMILES string of the molecule is CC/C(=C\C(C)=C(/C)C1CC(=O)N1c1ccccc1)c1cccc(O)c1. The molecule has 0 spiro atoms. The molecule has 26 heavy (non-hydrogen) atoms. The van der Waals surface area contributed by atoms with Crippen LogP contribution in [0.2, 0.25) is 0 Å². The van der Waals surface area contributed by atoms with Crippen LogP contribution in [0.4, 0.5) is 5.69 Å². The minimum absolute atomic E-state index is 0.114. The molecule has 1 aliphatic heterocycles. The summed E-state index contributed by atoms with van der Waals surface area (Å²) in [7, 11) is 0. The molecular formula is C23H25NO2. The first-order valence-corrected chi connectivity index (χ1v) is 9.05. The standard InChI is InChI=1S/C23H25NO2/c1-4-18(19-9-8-12-21(25)14-19)13-16(2)17(3)22-15-23(26)24(22)20-10-6-5-7-11-20/h5-14,22,25H,4,15H2,1-3H3/b17-16+,18-13+. The molecule has 1 amide bonds. The fourth-order valence-electron chi connectivity index (χ4n) is 3.41. The van der Waals surface area contributed by atoms with Crippen LogP contribution in [0.3, 0.4) is 0 Å². The summed E-state index contributed by atoms with van der Waals surface area (Å²) in [6.45, 7) is 6.32. The van der Waals surface area contributed by atoms with Crippen LogP contribution in [-0.4, -0.2) is 17.1 Å². The monoisotopic (exact) mass is 347 g/mol. The molecule has 3 rings (SSSR count). The van der Waals surface area contributed by atoms with Gasteiger partial charge in [-0.15, -0.1) is 0 Å². The lowest BCUT2D eigenvalue weighted by Crippen LogP contribution is -2.53. The van der Waals surface area contributed by atoms with Crippen molar-refractivity contribution in [2.45, 2.75) is 39.7 Å². The van der Waals surface area contributed by atoms with Gasteiger partial charge in [0.1, 0.15) is 5.75 Å². The van der Waals surface area contributed by atoms with E-state index in [9.17, 15) is 9.90 Å². The zero-order valence-corrected chi connectivity index (χ0v) is 15.6. The number of benzene rings is 2. The van der Waals surface area contributed by atoms with Crippen LogP contribution in [0.25, 0.3) is 5.57 Å². The van der Waals surface area contributed by atoms with Crippen LogP contribution in [0.1, 0.15) is 39.2 Å². The van der Waals surface area contributed by atoms with Crippen molar-refractivity contribution >= 4 is 17.2 Å². The number of carbonyl (C=O) groups excluding carboxylic acids is 1. The van der Waals surface area contributed by atoms with Gasteiger partial charge in [-0.1, -0.05) is 43.3 Å². The van der Waals surface area contributed by atoms with Crippen LogP contribution < -0.4 is 4.90 Å². The number of aromatic hydroxyl groups is 1. The fourth-order valence-corrected chi connectivity index (χ4v) is 3.41. The van der Waals surface area contributed by atoms with Crippen molar-refractivity contribution < 1.29 is 9.90 Å². The maximum atomic E-state index is 12.2. The van der Waals surface area contributed by atoms with Gasteiger partial charge in [0.05, 0.1) is 12.5 Å². The number of allylic oxidation sites excluding steroid dienone is 3. The van der Waals surface area contributed by atoms with Gasteiger partial charge in [-0.3, -0.25) is 4.79 Å². The number of hydrogen-bond acceptors (Lipinski definition) is 2. The second-order valence-corrected chi connectivity index (χ2v) is 6.76. The molecule has 1 heterocycles. The van der Waals surface area contributed by atoms with E-state index in [2.05, 4.69) is 26.8 Å². The molecule has 1 fully saturated rings. The number of para-hydroxylation sites is 1. The molecule has 0 aromatic heterocycles. The van der Waals surface area contributed by atoms with Gasteiger partial charge in [0, 0.05) is 5.69 Å². The highest BCUT2D eigenvalue weighted by molar-refractivity contribution is 6.02. The topological polar surface area (TPSA) is 40.5 Å². The summed E-state index contributed by atoms with van der Waals surface area (Å²) >= 11 is 0. The first-order valence-electron chi connectivity index (χ1n) is 9.05. The molecule has 3 nitrogen and oxygen atoms in total. The number of β-lactam (4-membered cyclic amide) rings is 1. The molecule has 1 aliphatic rings. The average molecular weight is 347 g/mol. The van der Waals surface area contributed by atoms with Crippen molar-refractivity contribution in [1.29, 1.82) is 0 Å². The lowest BCUT2D eigenvalue weighted by molar-refractivity contribution is -0.123. The lowest BCUT2D eigenvalue weighted by atomic mass is 9.89. The summed E-state index contributed by atoms with van der Waals surface area (Å²) in [5.74, 6) is 0.445. The second-order valence-electron chi connectivity index (χ2n) is 6.76. The Morgan fingerprint density at radius 3 is 2.50 bits per heavy atom. The van der Waals surface area contributed by atoms with E-state index in [1.165, 1.54) is 16.7 Å². The van der Waals surface area contributed by atoms with Gasteiger partial charge in [0.25, 0.3) is 0 Å². The fraction of sp³-hybridized carbons (Fsp3) is 0.261. The summed E-state index contributed by atoms with van der Waals surface area (Å²) in [5, 5.41) is 9.74. The average Bonchev–Trinajstić information content (AvgIpc) is 2.64. The van der Waals surface area contributed by atoms with Crippen molar-refractivity contribution in [2.24, 2.45) is 0 Å². The summed E-state index contributed by atoms with van der Waals surface area (Å²) < 4.78 is 0. The summed E-state index contributed by atoms with van der Waals surface area (Å²) in [4.78, 5) is 14.0. The number of rotatable bonds is 5. The van der Waals surface area contributed by atoms with Crippen LogP contribution in [0.5, 0.6) is 5.75 Å². The number of amides is 1. The van der Waals surface area contributed by atoms with Crippen LogP contribution in [-0.2, 0) is 4.79 Å². The second kappa shape index (κ2) is 7.61. The molecule has 0 aliphatic carbocycles. The Morgan fingerprint density at radius 1 is 1.15 bits per heavy atom. The Bertz CT molecular complexity index is 865. The van der Waals surface area contributed by atoms with Crippen LogP contribution >= 0.6 is 0 Å². The van der Waals surface area contributed by atoms with Crippen molar-refractivity contribution in [2.75, 3.05) is 4.90 Å². The van der Waals surface area contributed by atoms with Gasteiger partial charge >= 0.3 is 0 Å². The quantitative estimate of drug-likeness (QED) is 0.587. The Kier molecular flexibility index (Phi) is 5.27. The lowest BCUT2D eigenvalue weighted by Gasteiger charge is -2.41. The Labute approximate surface area is 155 Å². The molecule has 134 valence electrons. The number of phenols is 1. The largest absolute Gasteiger partial charge is 0.508 e. The first-order chi connectivity index (χ1) is 12.5. The van der Waals surface area contributed by atoms with E-state index in [1.807, 2.05) is 47.4 Å². The van der Waals surface area contributed by atoms with E-state index in [0.717, 1.165) is 17.7 Å². The van der Waals surface area contributed by atoms with Gasteiger partial charge in [-0.2, -0.15) is 0 Å². The molecule has 1 unspecified atom stereocenters. The van der Waals surface area contributed by atoms with Gasteiger partial charge in [-0.25, -0.2) is 0 Å². The van der Waals surface area contributed by atoms with E-state index >= 15 is 0 Å². The van der Waals surface area contributed by atoms with Crippen molar-refractivity contribution in [3.05, 3.63) is 77.4 Å². The third-order valence-electron chi connectivity index (χ3n) is 5.09. The molecule has 3 heteroatoms. The number of nitrogens with zero attached hydrogens (tertiary/aromatic N) is 1. The number of anilines is 1. The summed E-state index contributed by atoms with van der Waals surface area (Å²) in [6.07, 6.45) is 3.61. The molecule has 1 saturated heterocycles. The zero-order chi connectivity index (χ0) is 18.7. The highest BCUT2D eigenvalue weighted by Crippen LogP contribution is 2.34. The third kappa shape index (κ3) is 3.57. The Balaban J connectivity index is 1.90. The summed E-state index contributed by atoms with van der Waals surface area (Å²) in [6, 6.07) is 17.3.